The minimum atomic E-state index is 0.668. The van der Waals surface area contributed by atoms with Crippen molar-refractivity contribution in [2.24, 2.45) is 4.99 Å². The highest BCUT2D eigenvalue weighted by Gasteiger charge is 2.22. The van der Waals surface area contributed by atoms with Crippen LogP contribution < -0.4 is 10.2 Å². The molecule has 0 spiro atoms. The Hall–Kier alpha value is -2.19. The van der Waals surface area contributed by atoms with Crippen LogP contribution in [0.5, 0.6) is 0 Å². The van der Waals surface area contributed by atoms with E-state index in [1.807, 2.05) is 6.92 Å². The molecule has 0 bridgehead atoms. The SMILES string of the molecule is CCNC(=NCc1ccc(COCC)cc1)N1CCN(c2nc(CC)ns2)CC1. The molecule has 1 aliphatic heterocycles. The number of aliphatic imine (C=N–C) groups is 1. The van der Waals surface area contributed by atoms with E-state index in [0.717, 1.165) is 62.7 Å². The van der Waals surface area contributed by atoms with Crippen molar-refractivity contribution < 1.29 is 4.74 Å². The summed E-state index contributed by atoms with van der Waals surface area (Å²) in [5.74, 6) is 1.92. The molecular weight excluding hydrogens is 384 g/mol. The Balaban J connectivity index is 1.56. The van der Waals surface area contributed by atoms with Gasteiger partial charge in [0.2, 0.25) is 5.13 Å². The number of aromatic nitrogens is 2. The van der Waals surface area contributed by atoms with Crippen molar-refractivity contribution in [1.29, 1.82) is 0 Å². The Morgan fingerprint density at radius 1 is 1.10 bits per heavy atom. The summed E-state index contributed by atoms with van der Waals surface area (Å²) in [5.41, 5.74) is 2.41. The Bertz CT molecular complexity index is 768. The van der Waals surface area contributed by atoms with Crippen LogP contribution in [-0.2, 0) is 24.3 Å². The van der Waals surface area contributed by atoms with E-state index in [-0.39, 0.29) is 0 Å². The summed E-state index contributed by atoms with van der Waals surface area (Å²) in [6.07, 6.45) is 0.889. The van der Waals surface area contributed by atoms with Crippen molar-refractivity contribution in [3.05, 3.63) is 41.2 Å². The summed E-state index contributed by atoms with van der Waals surface area (Å²) in [5, 5.41) is 4.48. The fourth-order valence-corrected chi connectivity index (χ4v) is 3.98. The van der Waals surface area contributed by atoms with Crippen LogP contribution in [0.25, 0.3) is 0 Å². The van der Waals surface area contributed by atoms with E-state index in [0.29, 0.717) is 13.2 Å². The standard InChI is InChI=1S/C21H32N6OS/c1-4-19-24-21(29-25-19)27-13-11-26(12-14-27)20(22-5-2)23-15-17-7-9-18(10-8-17)16-28-6-3/h7-10H,4-6,11-16H2,1-3H3,(H,22,23). The van der Waals surface area contributed by atoms with Gasteiger partial charge in [-0.25, -0.2) is 9.98 Å². The largest absolute Gasteiger partial charge is 0.377 e. The number of hydrogen-bond donors (Lipinski definition) is 1. The van der Waals surface area contributed by atoms with Crippen molar-refractivity contribution >= 4 is 22.6 Å². The van der Waals surface area contributed by atoms with Gasteiger partial charge in [-0.1, -0.05) is 31.2 Å². The third-order valence-electron chi connectivity index (χ3n) is 4.87. The second kappa shape index (κ2) is 11.1. The van der Waals surface area contributed by atoms with Gasteiger partial charge in [-0.05, 0) is 25.0 Å². The van der Waals surface area contributed by atoms with Gasteiger partial charge < -0.3 is 19.9 Å². The molecule has 3 rings (SSSR count). The first-order chi connectivity index (χ1) is 14.2. The molecular formula is C21H32N6OS. The van der Waals surface area contributed by atoms with E-state index in [1.54, 1.807) is 0 Å². The first-order valence-electron chi connectivity index (χ1n) is 10.5. The van der Waals surface area contributed by atoms with Crippen LogP contribution in [-0.4, -0.2) is 59.5 Å². The Morgan fingerprint density at radius 3 is 2.45 bits per heavy atom. The number of hydrogen-bond acceptors (Lipinski definition) is 6. The molecule has 0 atom stereocenters. The van der Waals surface area contributed by atoms with Crippen LogP contribution in [0.15, 0.2) is 29.3 Å². The zero-order valence-electron chi connectivity index (χ0n) is 17.7. The van der Waals surface area contributed by atoms with E-state index >= 15 is 0 Å². The minimum Gasteiger partial charge on any atom is -0.377 e. The van der Waals surface area contributed by atoms with Crippen LogP contribution >= 0.6 is 11.5 Å². The zero-order valence-corrected chi connectivity index (χ0v) is 18.5. The van der Waals surface area contributed by atoms with Gasteiger partial charge in [0.05, 0.1) is 13.2 Å². The maximum absolute atomic E-state index is 5.46. The number of nitrogens with zero attached hydrogens (tertiary/aromatic N) is 5. The molecule has 2 aromatic rings. The summed E-state index contributed by atoms with van der Waals surface area (Å²) in [6, 6.07) is 8.53. The maximum atomic E-state index is 5.46. The van der Waals surface area contributed by atoms with Crippen molar-refractivity contribution in [2.45, 2.75) is 40.3 Å². The Morgan fingerprint density at radius 2 is 1.83 bits per heavy atom. The summed E-state index contributed by atoms with van der Waals surface area (Å²) < 4.78 is 9.87. The van der Waals surface area contributed by atoms with Gasteiger partial charge in [0.15, 0.2) is 5.96 Å². The fourth-order valence-electron chi connectivity index (χ4n) is 3.18. The summed E-state index contributed by atoms with van der Waals surface area (Å²) in [6.45, 7) is 12.9. The number of rotatable bonds is 8. The van der Waals surface area contributed by atoms with Gasteiger partial charge in [0.25, 0.3) is 0 Å². The quantitative estimate of drug-likeness (QED) is 0.527. The fraction of sp³-hybridized carbons (Fsp3) is 0.571. The molecule has 1 aromatic heterocycles. The predicted molar refractivity (Wildman–Crippen MR) is 120 cm³/mol. The second-order valence-electron chi connectivity index (χ2n) is 6.94. The van der Waals surface area contributed by atoms with E-state index < -0.39 is 0 Å². The highest BCUT2D eigenvalue weighted by atomic mass is 32.1. The number of piperazine rings is 1. The lowest BCUT2D eigenvalue weighted by molar-refractivity contribution is 0.134. The minimum absolute atomic E-state index is 0.668. The van der Waals surface area contributed by atoms with Crippen LogP contribution in [0.1, 0.15) is 37.7 Å². The summed E-state index contributed by atoms with van der Waals surface area (Å²) in [4.78, 5) is 14.2. The lowest BCUT2D eigenvalue weighted by Gasteiger charge is -2.36. The molecule has 0 amide bonds. The molecule has 2 heterocycles. The zero-order chi connectivity index (χ0) is 20.5. The van der Waals surface area contributed by atoms with Crippen LogP contribution in [0, 0.1) is 0 Å². The van der Waals surface area contributed by atoms with E-state index in [4.69, 9.17) is 9.73 Å². The molecule has 1 saturated heterocycles. The van der Waals surface area contributed by atoms with Crippen molar-refractivity contribution in [3.63, 3.8) is 0 Å². The first-order valence-corrected chi connectivity index (χ1v) is 11.3. The number of anilines is 1. The van der Waals surface area contributed by atoms with Crippen LogP contribution in [0.3, 0.4) is 0 Å². The van der Waals surface area contributed by atoms with Crippen LogP contribution in [0.4, 0.5) is 5.13 Å². The molecule has 7 nitrogen and oxygen atoms in total. The average molecular weight is 417 g/mol. The number of ether oxygens (including phenoxy) is 1. The van der Waals surface area contributed by atoms with Gasteiger partial charge in [-0.2, -0.15) is 4.37 Å². The molecule has 1 aliphatic rings. The van der Waals surface area contributed by atoms with Crippen molar-refractivity contribution in [1.82, 2.24) is 19.6 Å². The van der Waals surface area contributed by atoms with Gasteiger partial charge in [-0.15, -0.1) is 0 Å². The molecule has 1 N–H and O–H groups in total. The maximum Gasteiger partial charge on any atom is 0.205 e. The topological polar surface area (TPSA) is 65.9 Å². The van der Waals surface area contributed by atoms with E-state index in [2.05, 4.69) is 62.6 Å². The molecule has 0 saturated carbocycles. The van der Waals surface area contributed by atoms with E-state index in [9.17, 15) is 0 Å². The molecule has 0 radical (unpaired) electrons. The molecule has 0 aliphatic carbocycles. The molecule has 29 heavy (non-hydrogen) atoms. The number of aryl methyl sites for hydroxylation is 1. The third-order valence-corrected chi connectivity index (χ3v) is 5.68. The molecule has 0 unspecified atom stereocenters. The molecule has 158 valence electrons. The van der Waals surface area contributed by atoms with Gasteiger partial charge in [-0.3, -0.25) is 0 Å². The highest BCUT2D eigenvalue weighted by Crippen LogP contribution is 2.19. The van der Waals surface area contributed by atoms with Crippen LogP contribution in [0.2, 0.25) is 0 Å². The highest BCUT2D eigenvalue weighted by molar-refractivity contribution is 7.09. The normalized spacial score (nSPS) is 15.1. The number of guanidine groups is 1. The summed E-state index contributed by atoms with van der Waals surface area (Å²) in [7, 11) is 0. The Kier molecular flexibility index (Phi) is 8.25. The molecule has 1 aromatic carbocycles. The summed E-state index contributed by atoms with van der Waals surface area (Å²) >= 11 is 1.51. The number of benzene rings is 1. The lowest BCUT2D eigenvalue weighted by Crippen LogP contribution is -2.52. The average Bonchev–Trinajstić information content (AvgIpc) is 3.25. The van der Waals surface area contributed by atoms with Gasteiger partial charge in [0.1, 0.15) is 5.82 Å². The monoisotopic (exact) mass is 416 g/mol. The van der Waals surface area contributed by atoms with Crippen molar-refractivity contribution in [3.8, 4) is 0 Å². The molecule has 8 heteroatoms. The first kappa shape index (κ1) is 21.5. The Labute approximate surface area is 178 Å². The second-order valence-corrected chi connectivity index (χ2v) is 7.67. The van der Waals surface area contributed by atoms with E-state index in [1.165, 1.54) is 22.7 Å². The smallest absolute Gasteiger partial charge is 0.205 e. The number of nitrogens with one attached hydrogen (secondary N) is 1. The van der Waals surface area contributed by atoms with Crippen molar-refractivity contribution in [2.75, 3.05) is 44.2 Å². The van der Waals surface area contributed by atoms with Gasteiger partial charge >= 0.3 is 0 Å². The third kappa shape index (κ3) is 6.14. The molecule has 1 fully saturated rings. The predicted octanol–water partition coefficient (Wildman–Crippen LogP) is 2.92. The van der Waals surface area contributed by atoms with Gasteiger partial charge in [0, 0.05) is 57.3 Å². The lowest BCUT2D eigenvalue weighted by atomic mass is 10.1.